The van der Waals surface area contributed by atoms with Crippen molar-refractivity contribution < 1.29 is 13.9 Å². The number of fused-ring (bicyclic) bond motifs is 1. The Bertz CT molecular complexity index is 1130. The summed E-state index contributed by atoms with van der Waals surface area (Å²) in [5.41, 5.74) is 1.64. The number of halogens is 2. The fourth-order valence-corrected chi connectivity index (χ4v) is 3.67. The van der Waals surface area contributed by atoms with Gasteiger partial charge in [-0.1, -0.05) is 17.7 Å². The van der Waals surface area contributed by atoms with Crippen LogP contribution in [0, 0.1) is 5.82 Å². The SMILES string of the molecule is CC(C)(C)OC(=O)N1CC[C@H](c2ccc3ncnc(Nc4cccc(Cl)c4F)c3n2)C1. The molecule has 1 atom stereocenters. The average molecular weight is 444 g/mol. The summed E-state index contributed by atoms with van der Waals surface area (Å²) in [4.78, 5) is 27.3. The number of hydrogen-bond acceptors (Lipinski definition) is 6. The molecule has 162 valence electrons. The topological polar surface area (TPSA) is 80.2 Å². The number of nitrogens with one attached hydrogen (secondary N) is 1. The first-order valence-electron chi connectivity index (χ1n) is 10.0. The maximum Gasteiger partial charge on any atom is 0.410 e. The van der Waals surface area contributed by atoms with Crippen molar-refractivity contribution in [1.82, 2.24) is 19.9 Å². The number of pyridine rings is 1. The lowest BCUT2D eigenvalue weighted by atomic mass is 10.0. The Morgan fingerprint density at radius 3 is 2.84 bits per heavy atom. The second-order valence-electron chi connectivity index (χ2n) is 8.46. The zero-order valence-corrected chi connectivity index (χ0v) is 18.3. The number of anilines is 2. The molecule has 0 spiro atoms. The summed E-state index contributed by atoms with van der Waals surface area (Å²) in [6.45, 7) is 6.66. The quantitative estimate of drug-likeness (QED) is 0.592. The second kappa shape index (κ2) is 8.26. The number of carbonyl (C=O) groups excluding carboxylic acids is 1. The lowest BCUT2D eigenvalue weighted by molar-refractivity contribution is 0.0292. The second-order valence-corrected chi connectivity index (χ2v) is 8.87. The summed E-state index contributed by atoms with van der Waals surface area (Å²) in [7, 11) is 0. The Hall–Kier alpha value is -3.00. The average Bonchev–Trinajstić information content (AvgIpc) is 3.21. The minimum absolute atomic E-state index is 0.0187. The molecule has 1 N–H and O–H groups in total. The van der Waals surface area contributed by atoms with Crippen LogP contribution < -0.4 is 5.32 Å². The lowest BCUT2D eigenvalue weighted by Crippen LogP contribution is -2.35. The molecule has 3 heterocycles. The van der Waals surface area contributed by atoms with E-state index in [-0.39, 0.29) is 22.7 Å². The summed E-state index contributed by atoms with van der Waals surface area (Å²) in [5, 5.41) is 2.99. The predicted molar refractivity (Wildman–Crippen MR) is 117 cm³/mol. The van der Waals surface area contributed by atoms with Crippen molar-refractivity contribution in [3.8, 4) is 0 Å². The highest BCUT2D eigenvalue weighted by Gasteiger charge is 2.31. The first-order chi connectivity index (χ1) is 14.7. The maximum absolute atomic E-state index is 14.3. The van der Waals surface area contributed by atoms with Crippen molar-refractivity contribution in [2.75, 3.05) is 18.4 Å². The minimum atomic E-state index is -0.559. The summed E-state index contributed by atoms with van der Waals surface area (Å²) >= 11 is 5.88. The van der Waals surface area contributed by atoms with E-state index in [0.717, 1.165) is 12.1 Å². The van der Waals surface area contributed by atoms with Crippen LogP contribution in [0.2, 0.25) is 5.02 Å². The molecule has 1 aliphatic heterocycles. The van der Waals surface area contributed by atoms with Gasteiger partial charge in [0.2, 0.25) is 0 Å². The number of rotatable bonds is 3. The van der Waals surface area contributed by atoms with Gasteiger partial charge < -0.3 is 15.0 Å². The third-order valence-corrected chi connectivity index (χ3v) is 5.26. The number of likely N-dealkylation sites (tertiary alicyclic amines) is 1. The molecule has 3 aromatic rings. The number of carbonyl (C=O) groups is 1. The molecule has 0 unspecified atom stereocenters. The number of aromatic nitrogens is 3. The van der Waals surface area contributed by atoms with Crippen molar-refractivity contribution in [3.63, 3.8) is 0 Å². The van der Waals surface area contributed by atoms with Crippen LogP contribution in [0.3, 0.4) is 0 Å². The van der Waals surface area contributed by atoms with Crippen LogP contribution in [0.1, 0.15) is 38.8 Å². The van der Waals surface area contributed by atoms with Crippen molar-refractivity contribution in [1.29, 1.82) is 0 Å². The van der Waals surface area contributed by atoms with E-state index < -0.39 is 11.4 Å². The highest BCUT2D eigenvalue weighted by atomic mass is 35.5. The predicted octanol–water partition coefficient (Wildman–Crippen LogP) is 5.29. The molecule has 2 aromatic heterocycles. The molecule has 1 fully saturated rings. The highest BCUT2D eigenvalue weighted by molar-refractivity contribution is 6.31. The standard InChI is InChI=1S/C22H23ClFN5O2/c1-22(2,3)31-21(30)29-10-9-13(11-29)15-7-8-17-19(27-15)20(26-12-25-17)28-16-6-4-5-14(23)18(16)24/h4-8,12-13H,9-11H2,1-3H3,(H,25,26,28)/t13-/m0/s1. The number of amides is 1. The Balaban J connectivity index is 1.59. The molecule has 0 aliphatic carbocycles. The highest BCUT2D eigenvalue weighted by Crippen LogP contribution is 2.31. The van der Waals surface area contributed by atoms with E-state index in [2.05, 4.69) is 15.3 Å². The Morgan fingerprint density at radius 2 is 2.06 bits per heavy atom. The zero-order valence-electron chi connectivity index (χ0n) is 17.5. The monoisotopic (exact) mass is 443 g/mol. The van der Waals surface area contributed by atoms with Gasteiger partial charge in [-0.3, -0.25) is 0 Å². The maximum atomic E-state index is 14.3. The molecule has 7 nitrogen and oxygen atoms in total. The van der Waals surface area contributed by atoms with Crippen LogP contribution in [0.25, 0.3) is 11.0 Å². The summed E-state index contributed by atoms with van der Waals surface area (Å²) < 4.78 is 19.8. The Labute approximate surface area is 184 Å². The molecule has 1 amide bonds. The van der Waals surface area contributed by atoms with E-state index in [4.69, 9.17) is 21.3 Å². The van der Waals surface area contributed by atoms with Gasteiger partial charge in [-0.2, -0.15) is 0 Å². The third-order valence-electron chi connectivity index (χ3n) is 4.97. The van der Waals surface area contributed by atoms with Gasteiger partial charge in [0.1, 0.15) is 17.4 Å². The van der Waals surface area contributed by atoms with Crippen LogP contribution in [-0.4, -0.2) is 44.6 Å². The summed E-state index contributed by atoms with van der Waals surface area (Å²) in [5.74, 6) is -0.112. The van der Waals surface area contributed by atoms with Gasteiger partial charge in [0, 0.05) is 24.7 Å². The van der Waals surface area contributed by atoms with E-state index >= 15 is 0 Å². The zero-order chi connectivity index (χ0) is 22.2. The number of benzene rings is 1. The van der Waals surface area contributed by atoms with Gasteiger partial charge in [-0.05, 0) is 51.5 Å². The first kappa shape index (κ1) is 21.2. The number of ether oxygens (including phenoxy) is 1. The lowest BCUT2D eigenvalue weighted by Gasteiger charge is -2.24. The fraction of sp³-hybridized carbons (Fsp3) is 0.364. The van der Waals surface area contributed by atoms with Crippen LogP contribution in [0.15, 0.2) is 36.7 Å². The van der Waals surface area contributed by atoms with Crippen molar-refractivity contribution in [3.05, 3.63) is 53.2 Å². The Morgan fingerprint density at radius 1 is 1.26 bits per heavy atom. The third kappa shape index (κ3) is 4.69. The van der Waals surface area contributed by atoms with Gasteiger partial charge in [0.05, 0.1) is 16.2 Å². The Kier molecular flexibility index (Phi) is 5.66. The molecule has 1 aromatic carbocycles. The van der Waals surface area contributed by atoms with Crippen molar-refractivity contribution in [2.24, 2.45) is 0 Å². The first-order valence-corrected chi connectivity index (χ1v) is 10.4. The van der Waals surface area contributed by atoms with Gasteiger partial charge in [-0.15, -0.1) is 0 Å². The molecule has 4 rings (SSSR count). The largest absolute Gasteiger partial charge is 0.444 e. The van der Waals surface area contributed by atoms with E-state index in [1.54, 1.807) is 17.0 Å². The molecule has 1 aliphatic rings. The van der Waals surface area contributed by atoms with E-state index in [1.165, 1.54) is 12.4 Å². The molecule has 9 heteroatoms. The van der Waals surface area contributed by atoms with Gasteiger partial charge in [-0.25, -0.2) is 24.1 Å². The van der Waals surface area contributed by atoms with Crippen LogP contribution in [0.4, 0.5) is 20.7 Å². The van der Waals surface area contributed by atoms with Gasteiger partial charge >= 0.3 is 6.09 Å². The van der Waals surface area contributed by atoms with E-state index in [0.29, 0.717) is 29.9 Å². The molecule has 1 saturated heterocycles. The van der Waals surface area contributed by atoms with Crippen LogP contribution in [0.5, 0.6) is 0 Å². The molecule has 0 bridgehead atoms. The van der Waals surface area contributed by atoms with Gasteiger partial charge in [0.25, 0.3) is 0 Å². The molecule has 0 saturated carbocycles. The summed E-state index contributed by atoms with van der Waals surface area (Å²) in [6, 6.07) is 8.47. The number of nitrogens with zero attached hydrogens (tertiary/aromatic N) is 4. The normalized spacial score (nSPS) is 16.5. The van der Waals surface area contributed by atoms with Gasteiger partial charge in [0.15, 0.2) is 11.6 Å². The van der Waals surface area contributed by atoms with E-state index in [1.807, 2.05) is 32.9 Å². The minimum Gasteiger partial charge on any atom is -0.444 e. The van der Waals surface area contributed by atoms with Crippen LogP contribution >= 0.6 is 11.6 Å². The number of hydrogen-bond donors (Lipinski definition) is 1. The molecule has 0 radical (unpaired) electrons. The molecular weight excluding hydrogens is 421 g/mol. The summed E-state index contributed by atoms with van der Waals surface area (Å²) in [6.07, 6.45) is 1.85. The van der Waals surface area contributed by atoms with E-state index in [9.17, 15) is 9.18 Å². The van der Waals surface area contributed by atoms with Crippen LogP contribution in [-0.2, 0) is 4.74 Å². The van der Waals surface area contributed by atoms with Crippen molar-refractivity contribution >= 4 is 40.2 Å². The molecular formula is C22H23ClFN5O2. The fourth-order valence-electron chi connectivity index (χ4n) is 3.50. The van der Waals surface area contributed by atoms with Crippen molar-refractivity contribution in [2.45, 2.75) is 38.7 Å². The molecule has 31 heavy (non-hydrogen) atoms. The smallest absolute Gasteiger partial charge is 0.410 e.